The summed E-state index contributed by atoms with van der Waals surface area (Å²) in [6.07, 6.45) is -2.47. The van der Waals surface area contributed by atoms with Gasteiger partial charge in [0.1, 0.15) is 11.3 Å². The number of benzene rings is 2. The van der Waals surface area contributed by atoms with Crippen LogP contribution in [-0.2, 0) is 21.4 Å². The number of nitrogens with zero attached hydrogens (tertiary/aromatic N) is 2. The first-order chi connectivity index (χ1) is 17.4. The first-order valence-corrected chi connectivity index (χ1v) is 13.1. The maximum absolute atomic E-state index is 13.3. The summed E-state index contributed by atoms with van der Waals surface area (Å²) in [7, 11) is -3.93. The lowest BCUT2D eigenvalue weighted by molar-refractivity contribution is -0.274. The Hall–Kier alpha value is -3.15. The molecule has 3 aromatic rings. The van der Waals surface area contributed by atoms with Gasteiger partial charge in [-0.25, -0.2) is 8.42 Å². The zero-order valence-corrected chi connectivity index (χ0v) is 21.2. The smallest absolute Gasteiger partial charge is 0.406 e. The standard InChI is InChI=1S/C25H23ClF3N3O4S/c1-2-32(37(34,35)21-9-5-19(26)6-10-21)24(12-13-24)23(33)31-16-17-11-14-30-22(15-17)18-3-7-20(8-4-18)36-25(27,28)29/h3-11,14-15H,2,12-13,16H2,1H3,(H,31,33). The molecular formula is C25H23ClF3N3O4S. The summed E-state index contributed by atoms with van der Waals surface area (Å²) < 4.78 is 68.8. The summed E-state index contributed by atoms with van der Waals surface area (Å²) in [5, 5.41) is 3.23. The first-order valence-electron chi connectivity index (χ1n) is 11.3. The highest BCUT2D eigenvalue weighted by atomic mass is 35.5. The number of aromatic nitrogens is 1. The lowest BCUT2D eigenvalue weighted by Gasteiger charge is -2.29. The molecule has 0 atom stereocenters. The largest absolute Gasteiger partial charge is 0.573 e. The minimum Gasteiger partial charge on any atom is -0.406 e. The Morgan fingerprint density at radius 2 is 1.76 bits per heavy atom. The van der Waals surface area contributed by atoms with E-state index in [2.05, 4.69) is 15.0 Å². The summed E-state index contributed by atoms with van der Waals surface area (Å²) in [5.41, 5.74) is 0.574. The molecule has 1 aliphatic rings. The molecule has 1 N–H and O–H groups in total. The van der Waals surface area contributed by atoms with E-state index >= 15 is 0 Å². The van der Waals surface area contributed by atoms with Crippen molar-refractivity contribution in [1.82, 2.24) is 14.6 Å². The van der Waals surface area contributed by atoms with Crippen LogP contribution in [0.2, 0.25) is 5.02 Å². The van der Waals surface area contributed by atoms with Crippen molar-refractivity contribution in [2.75, 3.05) is 6.54 Å². The van der Waals surface area contributed by atoms with E-state index in [4.69, 9.17) is 11.6 Å². The molecule has 1 fully saturated rings. The van der Waals surface area contributed by atoms with Crippen molar-refractivity contribution in [1.29, 1.82) is 0 Å². The Labute approximate surface area is 217 Å². The Balaban J connectivity index is 1.46. The number of hydrogen-bond donors (Lipinski definition) is 1. The molecule has 4 rings (SSSR count). The van der Waals surface area contributed by atoms with Gasteiger partial charge in [-0.3, -0.25) is 9.78 Å². The van der Waals surface area contributed by atoms with Crippen molar-refractivity contribution in [2.45, 2.75) is 43.1 Å². The summed E-state index contributed by atoms with van der Waals surface area (Å²) in [4.78, 5) is 17.5. The molecule has 12 heteroatoms. The number of hydrogen-bond acceptors (Lipinski definition) is 5. The second-order valence-corrected chi connectivity index (χ2v) is 10.8. The highest BCUT2D eigenvalue weighted by Crippen LogP contribution is 2.45. The lowest BCUT2D eigenvalue weighted by atomic mass is 10.1. The van der Waals surface area contributed by atoms with E-state index in [-0.39, 0.29) is 23.7 Å². The molecule has 1 aliphatic carbocycles. The second-order valence-electron chi connectivity index (χ2n) is 8.46. The molecule has 0 unspecified atom stereocenters. The molecule has 196 valence electrons. The first kappa shape index (κ1) is 26.9. The fourth-order valence-electron chi connectivity index (χ4n) is 4.06. The third-order valence-corrected chi connectivity index (χ3v) is 8.28. The van der Waals surface area contributed by atoms with Gasteiger partial charge in [-0.15, -0.1) is 13.2 Å². The van der Waals surface area contributed by atoms with E-state index in [0.29, 0.717) is 34.7 Å². The van der Waals surface area contributed by atoms with Crippen molar-refractivity contribution in [3.8, 4) is 17.0 Å². The fourth-order valence-corrected chi connectivity index (χ4v) is 5.99. The number of amides is 1. The van der Waals surface area contributed by atoms with Gasteiger partial charge in [0.2, 0.25) is 15.9 Å². The summed E-state index contributed by atoms with van der Waals surface area (Å²) in [6.45, 7) is 1.91. The van der Waals surface area contributed by atoms with Crippen molar-refractivity contribution >= 4 is 27.5 Å². The van der Waals surface area contributed by atoms with E-state index in [0.717, 1.165) is 0 Å². The molecule has 0 spiro atoms. The van der Waals surface area contributed by atoms with Crippen LogP contribution in [0.25, 0.3) is 11.3 Å². The SMILES string of the molecule is CCN(C1(C(=O)NCc2ccnc(-c3ccc(OC(F)(F)F)cc3)c2)CC1)S(=O)(=O)c1ccc(Cl)cc1. The van der Waals surface area contributed by atoms with Crippen molar-refractivity contribution in [3.63, 3.8) is 0 Å². The molecule has 1 aromatic heterocycles. The monoisotopic (exact) mass is 553 g/mol. The predicted octanol–water partition coefficient (Wildman–Crippen LogP) is 5.16. The predicted molar refractivity (Wildman–Crippen MR) is 131 cm³/mol. The second kappa shape index (κ2) is 10.3. The topological polar surface area (TPSA) is 88.6 Å². The van der Waals surface area contributed by atoms with Crippen LogP contribution in [-0.4, -0.2) is 42.1 Å². The van der Waals surface area contributed by atoms with Crippen molar-refractivity contribution in [3.05, 3.63) is 77.4 Å². The van der Waals surface area contributed by atoms with Crippen molar-refractivity contribution < 1.29 is 31.1 Å². The van der Waals surface area contributed by atoms with Crippen LogP contribution in [0.4, 0.5) is 13.2 Å². The molecule has 0 saturated heterocycles. The third-order valence-electron chi connectivity index (χ3n) is 5.97. The number of alkyl halides is 3. The lowest BCUT2D eigenvalue weighted by Crippen LogP contribution is -2.51. The molecule has 1 amide bonds. The zero-order chi connectivity index (χ0) is 26.8. The van der Waals surface area contributed by atoms with Crippen LogP contribution >= 0.6 is 11.6 Å². The van der Waals surface area contributed by atoms with E-state index in [9.17, 15) is 26.4 Å². The van der Waals surface area contributed by atoms with Gasteiger partial charge in [0.15, 0.2) is 0 Å². The van der Waals surface area contributed by atoms with Gasteiger partial charge in [-0.1, -0.05) is 18.5 Å². The minimum atomic E-state index is -4.78. The van der Waals surface area contributed by atoms with Gasteiger partial charge in [0, 0.05) is 29.9 Å². The van der Waals surface area contributed by atoms with Gasteiger partial charge in [0.25, 0.3) is 0 Å². The normalized spacial score (nSPS) is 14.9. The zero-order valence-electron chi connectivity index (χ0n) is 19.6. The quantitative estimate of drug-likeness (QED) is 0.395. The molecular weight excluding hydrogens is 531 g/mol. The van der Waals surface area contributed by atoms with Gasteiger partial charge in [-0.2, -0.15) is 4.31 Å². The van der Waals surface area contributed by atoms with Crippen LogP contribution in [0.1, 0.15) is 25.3 Å². The van der Waals surface area contributed by atoms with Gasteiger partial charge in [-0.05, 0) is 79.1 Å². The number of pyridine rings is 1. The van der Waals surface area contributed by atoms with Crippen LogP contribution in [0.15, 0.2) is 71.8 Å². The molecule has 1 heterocycles. The number of rotatable bonds is 9. The molecule has 37 heavy (non-hydrogen) atoms. The Bertz CT molecular complexity index is 1380. The summed E-state index contributed by atoms with van der Waals surface area (Å²) in [5.74, 6) is -0.748. The van der Waals surface area contributed by atoms with Crippen LogP contribution in [0.3, 0.4) is 0 Å². The molecule has 0 aliphatic heterocycles. The van der Waals surface area contributed by atoms with Crippen LogP contribution in [0, 0.1) is 0 Å². The molecule has 0 radical (unpaired) electrons. The molecule has 2 aromatic carbocycles. The van der Waals surface area contributed by atoms with E-state index in [1.54, 1.807) is 19.1 Å². The number of carbonyl (C=O) groups is 1. The average Bonchev–Trinajstić information content (AvgIpc) is 3.64. The maximum Gasteiger partial charge on any atom is 0.573 e. The van der Waals surface area contributed by atoms with E-state index in [1.807, 2.05) is 0 Å². The van der Waals surface area contributed by atoms with Crippen LogP contribution < -0.4 is 10.1 Å². The van der Waals surface area contributed by atoms with E-state index < -0.39 is 27.8 Å². The van der Waals surface area contributed by atoms with Gasteiger partial charge in [0.05, 0.1) is 10.6 Å². The van der Waals surface area contributed by atoms with Gasteiger partial charge >= 0.3 is 6.36 Å². The molecule has 7 nitrogen and oxygen atoms in total. The van der Waals surface area contributed by atoms with Crippen LogP contribution in [0.5, 0.6) is 5.75 Å². The fraction of sp³-hybridized carbons (Fsp3) is 0.280. The summed E-state index contributed by atoms with van der Waals surface area (Å²) >= 11 is 5.88. The Morgan fingerprint density at radius 3 is 2.32 bits per heavy atom. The maximum atomic E-state index is 13.3. The van der Waals surface area contributed by atoms with Gasteiger partial charge < -0.3 is 10.1 Å². The highest BCUT2D eigenvalue weighted by Gasteiger charge is 2.58. The number of carbonyl (C=O) groups excluding carboxylic acids is 1. The molecule has 0 bridgehead atoms. The Morgan fingerprint density at radius 1 is 1.11 bits per heavy atom. The highest BCUT2D eigenvalue weighted by molar-refractivity contribution is 7.89. The summed E-state index contributed by atoms with van der Waals surface area (Å²) in [6, 6.07) is 14.5. The van der Waals surface area contributed by atoms with Crippen molar-refractivity contribution in [2.24, 2.45) is 0 Å². The molecule has 1 saturated carbocycles. The number of likely N-dealkylation sites (N-methyl/N-ethyl adjacent to an activating group) is 1. The minimum absolute atomic E-state index is 0.0586. The Kier molecular flexibility index (Phi) is 7.50. The number of sulfonamides is 1. The number of halogens is 4. The third kappa shape index (κ3) is 6.06. The average molecular weight is 554 g/mol. The van der Waals surface area contributed by atoms with E-state index in [1.165, 1.54) is 59.0 Å². The number of nitrogens with one attached hydrogen (secondary N) is 1. The number of ether oxygens (including phenoxy) is 1.